The average molecular weight is 515 g/mol. The minimum Gasteiger partial charge on any atom is -0.0654 e. The van der Waals surface area contributed by atoms with Crippen LogP contribution in [0.3, 0.4) is 0 Å². The van der Waals surface area contributed by atoms with Crippen molar-refractivity contribution in [1.82, 2.24) is 0 Å². The second-order valence-corrected chi connectivity index (χ2v) is 12.7. The van der Waals surface area contributed by atoms with Crippen molar-refractivity contribution in [2.75, 3.05) is 0 Å². The molecule has 0 saturated heterocycles. The molecule has 0 amide bonds. The first-order valence-corrected chi connectivity index (χ1v) is 16.6. The van der Waals surface area contributed by atoms with Crippen LogP contribution in [-0.2, 0) is 32.1 Å². The van der Waals surface area contributed by atoms with Crippen molar-refractivity contribution in [3.05, 3.63) is 88.5 Å². The lowest BCUT2D eigenvalue weighted by atomic mass is 9.91. The fourth-order valence-electron chi connectivity index (χ4n) is 5.65. The maximum atomic E-state index is 2.57. The predicted molar refractivity (Wildman–Crippen MR) is 169 cm³/mol. The largest absolute Gasteiger partial charge is 0.0654 e. The van der Waals surface area contributed by atoms with Crippen molar-refractivity contribution in [2.24, 2.45) is 0 Å². The summed E-state index contributed by atoms with van der Waals surface area (Å²) < 4.78 is 0. The van der Waals surface area contributed by atoms with Crippen molar-refractivity contribution in [1.29, 1.82) is 0 Å². The lowest BCUT2D eigenvalue weighted by Crippen LogP contribution is -2.29. The summed E-state index contributed by atoms with van der Waals surface area (Å²) in [6, 6.07) is 23.9. The fraction of sp³-hybridized carbons (Fsp3) is 0.500. The summed E-state index contributed by atoms with van der Waals surface area (Å²) in [6.07, 6.45) is 16.0. The van der Waals surface area contributed by atoms with Crippen LogP contribution in [0.15, 0.2) is 60.7 Å². The Labute approximate surface area is 230 Å². The Morgan fingerprint density at radius 1 is 0.405 bits per heavy atom. The third-order valence-electron chi connectivity index (χ3n) is 7.61. The van der Waals surface area contributed by atoms with Crippen LogP contribution in [-0.4, -0.2) is 0 Å². The number of hydrogen-bond acceptors (Lipinski definition) is 0. The number of unbranched alkanes of at least 4 members (excludes halogenated alkanes) is 3. The molecule has 0 radical (unpaired) electrons. The van der Waals surface area contributed by atoms with Crippen molar-refractivity contribution in [3.63, 3.8) is 0 Å². The number of aryl methyl sites for hydroxylation is 3. The van der Waals surface area contributed by atoms with Gasteiger partial charge in [-0.25, -0.2) is 0 Å². The van der Waals surface area contributed by atoms with Crippen LogP contribution in [0.1, 0.15) is 114 Å². The van der Waals surface area contributed by atoms with E-state index in [1.807, 2.05) is 0 Å². The van der Waals surface area contributed by atoms with Gasteiger partial charge in [0.2, 0.25) is 0 Å². The van der Waals surface area contributed by atoms with E-state index < -0.39 is 7.92 Å². The highest BCUT2D eigenvalue weighted by Crippen LogP contribution is 2.39. The predicted octanol–water partition coefficient (Wildman–Crippen LogP) is 9.38. The van der Waals surface area contributed by atoms with Crippen LogP contribution in [0.4, 0.5) is 0 Å². The molecule has 0 aliphatic heterocycles. The molecule has 0 nitrogen and oxygen atoms in total. The molecule has 0 N–H and O–H groups in total. The molecule has 3 aromatic carbocycles. The summed E-state index contributed by atoms with van der Waals surface area (Å²) in [5, 5.41) is 4.81. The SMILES string of the molecule is CCCCc1ccc(P(c2ccccc2CCC)c2ccccc2CCC)c(CCCC)c1CCCC. The van der Waals surface area contributed by atoms with Crippen LogP contribution in [0.2, 0.25) is 0 Å². The smallest absolute Gasteiger partial charge is 0.0116 e. The molecule has 1 heteroatoms. The van der Waals surface area contributed by atoms with E-state index in [-0.39, 0.29) is 0 Å². The zero-order valence-electron chi connectivity index (χ0n) is 24.4. The van der Waals surface area contributed by atoms with Gasteiger partial charge in [-0.2, -0.15) is 0 Å². The first-order valence-electron chi connectivity index (χ1n) is 15.3. The monoisotopic (exact) mass is 514 g/mol. The van der Waals surface area contributed by atoms with Crippen LogP contribution < -0.4 is 15.9 Å². The summed E-state index contributed by atoms with van der Waals surface area (Å²) in [5.41, 5.74) is 8.13. The van der Waals surface area contributed by atoms with Crippen molar-refractivity contribution in [3.8, 4) is 0 Å². The molecule has 0 atom stereocenters. The lowest BCUT2D eigenvalue weighted by molar-refractivity contribution is 0.737. The standard InChI is InChI=1S/C36H51P/c1-6-11-20-29-27-28-36(33(24-13-8-3)32(29)23-12-7-2)37(34-25-16-14-21-30(34)18-9-4)35-26-17-15-22-31(35)19-10-5/h14-17,21-22,25-28H,6-13,18-20,23-24H2,1-5H3. The van der Waals surface area contributed by atoms with Gasteiger partial charge in [0.05, 0.1) is 0 Å². The molecule has 0 unspecified atom stereocenters. The summed E-state index contributed by atoms with van der Waals surface area (Å²) in [5.74, 6) is 0. The van der Waals surface area contributed by atoms with Gasteiger partial charge >= 0.3 is 0 Å². The molecule has 0 fully saturated rings. The first kappa shape index (κ1) is 29.6. The van der Waals surface area contributed by atoms with Gasteiger partial charge in [0.25, 0.3) is 0 Å². The molecule has 200 valence electrons. The van der Waals surface area contributed by atoms with Gasteiger partial charge in [-0.05, 0) is 103 Å². The normalized spacial score (nSPS) is 11.4. The average Bonchev–Trinajstić information content (AvgIpc) is 2.92. The molecule has 0 aliphatic rings. The van der Waals surface area contributed by atoms with Gasteiger partial charge in [0.15, 0.2) is 0 Å². The number of benzene rings is 3. The maximum absolute atomic E-state index is 2.57. The van der Waals surface area contributed by atoms with E-state index in [9.17, 15) is 0 Å². The molecule has 0 aromatic heterocycles. The molecule has 0 heterocycles. The van der Waals surface area contributed by atoms with Crippen LogP contribution in [0, 0.1) is 0 Å². The van der Waals surface area contributed by atoms with Crippen LogP contribution >= 0.6 is 7.92 Å². The van der Waals surface area contributed by atoms with Gasteiger partial charge in [0, 0.05) is 0 Å². The zero-order valence-corrected chi connectivity index (χ0v) is 25.3. The number of rotatable bonds is 16. The fourth-order valence-corrected chi connectivity index (χ4v) is 8.58. The van der Waals surface area contributed by atoms with E-state index in [4.69, 9.17) is 0 Å². The molecule has 37 heavy (non-hydrogen) atoms. The Balaban J connectivity index is 2.33. The summed E-state index contributed by atoms with van der Waals surface area (Å²) >= 11 is 0. The Hall–Kier alpha value is -1.91. The molecule has 0 saturated carbocycles. The Bertz CT molecular complexity index is 1030. The van der Waals surface area contributed by atoms with E-state index >= 15 is 0 Å². The second-order valence-electron chi connectivity index (χ2n) is 10.6. The Morgan fingerprint density at radius 3 is 1.41 bits per heavy atom. The highest BCUT2D eigenvalue weighted by atomic mass is 31.1. The topological polar surface area (TPSA) is 0 Å². The molecule has 3 aromatic rings. The maximum Gasteiger partial charge on any atom is -0.0116 e. The lowest BCUT2D eigenvalue weighted by Gasteiger charge is -2.29. The molecular weight excluding hydrogens is 463 g/mol. The second kappa shape index (κ2) is 16.1. The Kier molecular flexibility index (Phi) is 12.9. The summed E-state index contributed by atoms with van der Waals surface area (Å²) in [4.78, 5) is 0. The Morgan fingerprint density at radius 2 is 0.892 bits per heavy atom. The third kappa shape index (κ3) is 7.80. The molecule has 0 bridgehead atoms. The highest BCUT2D eigenvalue weighted by Gasteiger charge is 2.26. The van der Waals surface area contributed by atoms with E-state index in [0.717, 1.165) is 12.8 Å². The van der Waals surface area contributed by atoms with Crippen molar-refractivity contribution in [2.45, 2.75) is 118 Å². The minimum atomic E-state index is -0.604. The molecular formula is C36H51P. The van der Waals surface area contributed by atoms with E-state index in [0.29, 0.717) is 0 Å². The molecule has 3 rings (SSSR count). The molecule has 0 spiro atoms. The summed E-state index contributed by atoms with van der Waals surface area (Å²) in [7, 11) is -0.604. The third-order valence-corrected chi connectivity index (χ3v) is 10.3. The first-order chi connectivity index (χ1) is 18.2. The van der Waals surface area contributed by atoms with Gasteiger partial charge in [-0.15, -0.1) is 0 Å². The van der Waals surface area contributed by atoms with Gasteiger partial charge in [0.1, 0.15) is 0 Å². The quantitative estimate of drug-likeness (QED) is 0.167. The highest BCUT2D eigenvalue weighted by molar-refractivity contribution is 7.80. The van der Waals surface area contributed by atoms with Gasteiger partial charge < -0.3 is 0 Å². The van der Waals surface area contributed by atoms with Crippen LogP contribution in [0.5, 0.6) is 0 Å². The summed E-state index contributed by atoms with van der Waals surface area (Å²) in [6.45, 7) is 11.7. The van der Waals surface area contributed by atoms with E-state index in [2.05, 4.69) is 95.3 Å². The zero-order chi connectivity index (χ0) is 26.5. The minimum absolute atomic E-state index is 0.604. The van der Waals surface area contributed by atoms with Gasteiger partial charge in [-0.1, -0.05) is 127 Å². The van der Waals surface area contributed by atoms with Crippen molar-refractivity contribution >= 4 is 23.8 Å². The van der Waals surface area contributed by atoms with Crippen LogP contribution in [0.25, 0.3) is 0 Å². The van der Waals surface area contributed by atoms with Gasteiger partial charge in [-0.3, -0.25) is 0 Å². The van der Waals surface area contributed by atoms with E-state index in [1.165, 1.54) is 70.6 Å². The molecule has 0 aliphatic carbocycles. The number of hydrogen-bond donors (Lipinski definition) is 0. The van der Waals surface area contributed by atoms with Crippen molar-refractivity contribution < 1.29 is 0 Å². The van der Waals surface area contributed by atoms with E-state index in [1.54, 1.807) is 43.7 Å².